The maximum absolute atomic E-state index is 10.6. The second kappa shape index (κ2) is 9.72. The summed E-state index contributed by atoms with van der Waals surface area (Å²) in [5.74, 6) is -0.871. The van der Waals surface area contributed by atoms with Gasteiger partial charge in [-0.15, -0.1) is 11.8 Å². The minimum absolute atomic E-state index is 0.462. The molecule has 0 saturated carbocycles. The van der Waals surface area contributed by atoms with Crippen LogP contribution in [0.2, 0.25) is 0 Å². The Morgan fingerprint density at radius 2 is 2.03 bits per heavy atom. The third-order valence-electron chi connectivity index (χ3n) is 5.34. The third kappa shape index (κ3) is 6.63. The van der Waals surface area contributed by atoms with E-state index in [1.807, 2.05) is 6.26 Å². The zero-order chi connectivity index (χ0) is 20.9. The Morgan fingerprint density at radius 3 is 2.62 bits per heavy atom. The molecule has 1 N–H and O–H groups in total. The zero-order valence-electron chi connectivity index (χ0n) is 16.0. The van der Waals surface area contributed by atoms with Gasteiger partial charge in [0.2, 0.25) is 0 Å². The van der Waals surface area contributed by atoms with Crippen LogP contribution >= 0.6 is 11.8 Å². The van der Waals surface area contributed by atoms with Crippen molar-refractivity contribution in [1.29, 1.82) is 0 Å². The lowest BCUT2D eigenvalue weighted by Gasteiger charge is -2.47. The Kier molecular flexibility index (Phi) is 7.53. The van der Waals surface area contributed by atoms with E-state index in [0.29, 0.717) is 16.8 Å². The van der Waals surface area contributed by atoms with Crippen LogP contribution < -0.4 is 0 Å². The molecule has 0 radical (unpaired) electrons. The lowest BCUT2D eigenvalue weighted by Crippen LogP contribution is -2.58. The van der Waals surface area contributed by atoms with Crippen molar-refractivity contribution in [1.82, 2.24) is 4.90 Å². The van der Waals surface area contributed by atoms with Crippen LogP contribution in [0.15, 0.2) is 23.0 Å². The van der Waals surface area contributed by atoms with Gasteiger partial charge < -0.3 is 19.0 Å². The van der Waals surface area contributed by atoms with E-state index in [9.17, 15) is 13.2 Å². The Labute approximate surface area is 171 Å². The molecule has 3 aliphatic heterocycles. The predicted molar refractivity (Wildman–Crippen MR) is 101 cm³/mol. The average Bonchev–Trinajstić information content (AvgIpc) is 3.30. The highest BCUT2D eigenvalue weighted by Gasteiger charge is 2.49. The molecule has 1 aromatic rings. The number of nitrogens with zero attached hydrogens (tertiary/aromatic N) is 1. The first-order valence-electron chi connectivity index (χ1n) is 9.63. The third-order valence-corrected chi connectivity index (χ3v) is 6.91. The van der Waals surface area contributed by atoms with E-state index in [1.54, 1.807) is 6.26 Å². The summed E-state index contributed by atoms with van der Waals surface area (Å²) >= 11 is 2.13. The molecule has 3 fully saturated rings. The molecule has 0 bridgehead atoms. The summed E-state index contributed by atoms with van der Waals surface area (Å²) in [5.41, 5.74) is 1.28. The molecule has 1 spiro atoms. The fourth-order valence-corrected chi connectivity index (χ4v) is 5.44. The van der Waals surface area contributed by atoms with Crippen LogP contribution in [0.3, 0.4) is 0 Å². The molecule has 3 aliphatic rings. The van der Waals surface area contributed by atoms with Crippen molar-refractivity contribution in [3.05, 3.63) is 24.2 Å². The van der Waals surface area contributed by atoms with Gasteiger partial charge in [0.05, 0.1) is 18.6 Å². The van der Waals surface area contributed by atoms with Gasteiger partial charge in [0, 0.05) is 55.5 Å². The maximum atomic E-state index is 10.6. The van der Waals surface area contributed by atoms with Crippen molar-refractivity contribution < 1.29 is 37.0 Å². The molecule has 0 aliphatic carbocycles. The topological polar surface area (TPSA) is 72.1 Å². The average molecular weight is 437 g/mol. The second-order valence-electron chi connectivity index (χ2n) is 7.79. The number of likely N-dealkylation sites (tertiary alicyclic amines) is 1. The van der Waals surface area contributed by atoms with Gasteiger partial charge in [0.1, 0.15) is 0 Å². The number of furan rings is 1. The Balaban J connectivity index is 0.000000298. The van der Waals surface area contributed by atoms with Gasteiger partial charge in [-0.25, -0.2) is 4.79 Å². The summed E-state index contributed by atoms with van der Waals surface area (Å²) in [6.45, 7) is 6.18. The van der Waals surface area contributed by atoms with E-state index < -0.39 is 12.1 Å². The summed E-state index contributed by atoms with van der Waals surface area (Å²) in [5, 5.41) is 7.12. The van der Waals surface area contributed by atoms with E-state index >= 15 is 0 Å². The van der Waals surface area contributed by atoms with E-state index in [4.69, 9.17) is 23.8 Å². The number of thioether (sulfide) groups is 1. The Bertz CT molecular complexity index is 643. The fourth-order valence-electron chi connectivity index (χ4n) is 3.84. The number of carboxylic acid groups (broad SMARTS) is 1. The van der Waals surface area contributed by atoms with Gasteiger partial charge in [-0.3, -0.25) is 4.90 Å². The normalized spacial score (nSPS) is 24.7. The van der Waals surface area contributed by atoms with E-state index in [1.165, 1.54) is 43.7 Å². The number of hydrogen-bond donors (Lipinski definition) is 1. The highest BCUT2D eigenvalue weighted by Crippen LogP contribution is 2.46. The van der Waals surface area contributed by atoms with E-state index in [-0.39, 0.29) is 0 Å². The summed E-state index contributed by atoms with van der Waals surface area (Å²) in [4.78, 5) is 11.4. The van der Waals surface area contributed by atoms with Gasteiger partial charge in [-0.1, -0.05) is 0 Å². The number of hydrogen-bond acceptors (Lipinski definition) is 6. The highest BCUT2D eigenvalue weighted by molar-refractivity contribution is 8.01. The van der Waals surface area contributed by atoms with Crippen molar-refractivity contribution in [2.45, 2.75) is 42.8 Å². The lowest BCUT2D eigenvalue weighted by atomic mass is 9.92. The van der Waals surface area contributed by atoms with Crippen LogP contribution in [0.1, 0.15) is 24.8 Å². The Hall–Kier alpha value is -1.23. The van der Waals surface area contributed by atoms with Crippen LogP contribution in [-0.4, -0.2) is 71.7 Å². The number of rotatable bonds is 5. The molecule has 0 aromatic carbocycles. The first-order valence-corrected chi connectivity index (χ1v) is 10.6. The molecule has 0 amide bonds. The zero-order valence-corrected chi connectivity index (χ0v) is 16.8. The van der Waals surface area contributed by atoms with Crippen molar-refractivity contribution in [2.75, 3.05) is 38.7 Å². The Morgan fingerprint density at radius 1 is 1.34 bits per heavy atom. The number of carbonyl (C=O) groups is 1. The van der Waals surface area contributed by atoms with Gasteiger partial charge in [0.25, 0.3) is 0 Å². The van der Waals surface area contributed by atoms with Crippen molar-refractivity contribution >= 4 is 17.7 Å². The molecule has 1 atom stereocenters. The standard InChI is InChI=1S/C17H25NO3S.C2HF3O2/c1-4-19-5-2-14(1)10-21-16-7-17(22-11-16)12-18(13-17)8-15-3-6-20-9-15;3-2(4,5)1(6)7/h3,6,9,14,16H,1-2,4-5,7-8,10-13H2;(H,6,7). The van der Waals surface area contributed by atoms with Crippen molar-refractivity contribution in [2.24, 2.45) is 5.92 Å². The van der Waals surface area contributed by atoms with Gasteiger partial charge in [-0.05, 0) is 31.2 Å². The second-order valence-corrected chi connectivity index (χ2v) is 9.28. The minimum atomic E-state index is -5.08. The number of carboxylic acids is 1. The number of alkyl halides is 3. The van der Waals surface area contributed by atoms with Crippen LogP contribution in [0.25, 0.3) is 0 Å². The smallest absolute Gasteiger partial charge is 0.475 e. The molecule has 6 nitrogen and oxygen atoms in total. The summed E-state index contributed by atoms with van der Waals surface area (Å²) < 4.78 is 49.0. The van der Waals surface area contributed by atoms with Gasteiger partial charge >= 0.3 is 12.1 Å². The van der Waals surface area contributed by atoms with Crippen LogP contribution in [-0.2, 0) is 20.8 Å². The number of ether oxygens (including phenoxy) is 2. The van der Waals surface area contributed by atoms with E-state index in [2.05, 4.69) is 22.7 Å². The fraction of sp³-hybridized carbons (Fsp3) is 0.737. The highest BCUT2D eigenvalue weighted by atomic mass is 32.2. The molecule has 3 saturated heterocycles. The first-order chi connectivity index (χ1) is 13.8. The van der Waals surface area contributed by atoms with Crippen molar-refractivity contribution in [3.8, 4) is 0 Å². The van der Waals surface area contributed by atoms with Crippen LogP contribution in [0.5, 0.6) is 0 Å². The molecule has 4 heterocycles. The summed E-state index contributed by atoms with van der Waals surface area (Å²) in [6, 6.07) is 2.06. The molecular weight excluding hydrogens is 411 g/mol. The largest absolute Gasteiger partial charge is 0.490 e. The van der Waals surface area contributed by atoms with E-state index in [0.717, 1.165) is 26.4 Å². The molecule has 1 unspecified atom stereocenters. The quantitative estimate of drug-likeness (QED) is 0.757. The molecule has 164 valence electrons. The van der Waals surface area contributed by atoms with Crippen LogP contribution in [0.4, 0.5) is 13.2 Å². The summed E-state index contributed by atoms with van der Waals surface area (Å²) in [7, 11) is 0. The molecular formula is C19H26F3NO5S. The number of halogens is 3. The first kappa shape index (κ1) is 22.5. The minimum Gasteiger partial charge on any atom is -0.475 e. The molecule has 10 heteroatoms. The SMILES string of the molecule is O=C(O)C(F)(F)F.c1cc(CN2CC3(CC(OCC4CCOCC4)CS3)C2)co1. The summed E-state index contributed by atoms with van der Waals surface area (Å²) in [6.07, 6.45) is 2.56. The van der Waals surface area contributed by atoms with Gasteiger partial charge in [-0.2, -0.15) is 13.2 Å². The van der Waals surface area contributed by atoms with Crippen molar-refractivity contribution in [3.63, 3.8) is 0 Å². The number of aliphatic carboxylic acids is 1. The van der Waals surface area contributed by atoms with Crippen LogP contribution in [0, 0.1) is 5.92 Å². The molecule has 29 heavy (non-hydrogen) atoms. The van der Waals surface area contributed by atoms with Gasteiger partial charge in [0.15, 0.2) is 0 Å². The monoisotopic (exact) mass is 437 g/mol. The maximum Gasteiger partial charge on any atom is 0.490 e. The predicted octanol–water partition coefficient (Wildman–Crippen LogP) is 3.42. The molecule has 1 aromatic heterocycles. The molecule has 4 rings (SSSR count). The lowest BCUT2D eigenvalue weighted by molar-refractivity contribution is -0.192.